The zero-order chi connectivity index (χ0) is 29.9. The van der Waals surface area contributed by atoms with Crippen LogP contribution in [0.1, 0.15) is 68.8 Å². The monoisotopic (exact) mass is 577 g/mol. The zero-order valence-corrected chi connectivity index (χ0v) is 25.3. The third-order valence-corrected chi connectivity index (χ3v) is 8.28. The van der Waals surface area contributed by atoms with Crippen LogP contribution in [0.2, 0.25) is 0 Å². The minimum absolute atomic E-state index is 0.0584. The van der Waals surface area contributed by atoms with Crippen LogP contribution in [0, 0.1) is 5.92 Å². The number of amides is 2. The van der Waals surface area contributed by atoms with Crippen molar-refractivity contribution in [3.8, 4) is 11.1 Å². The molecule has 2 amide bonds. The SMILES string of the molecule is CC(C)C[C@H](NC(=O)[C@H](Cc1nc(C(C)(C)C)cs1)N(C)C(=O)OCC1c2ccccc2-c2ccccc21)C(=O)O. The Morgan fingerprint density at radius 2 is 1.63 bits per heavy atom. The van der Waals surface area contributed by atoms with Crippen LogP contribution in [0.4, 0.5) is 4.79 Å². The number of nitrogens with zero attached hydrogens (tertiary/aromatic N) is 2. The van der Waals surface area contributed by atoms with E-state index in [-0.39, 0.29) is 36.7 Å². The van der Waals surface area contributed by atoms with Gasteiger partial charge in [-0.25, -0.2) is 14.6 Å². The molecule has 41 heavy (non-hydrogen) atoms. The number of hydrogen-bond acceptors (Lipinski definition) is 6. The summed E-state index contributed by atoms with van der Waals surface area (Å²) in [4.78, 5) is 44.8. The molecule has 2 atom stereocenters. The highest BCUT2D eigenvalue weighted by Gasteiger charge is 2.34. The average molecular weight is 578 g/mol. The summed E-state index contributed by atoms with van der Waals surface area (Å²) in [5, 5.41) is 15.0. The van der Waals surface area contributed by atoms with Crippen molar-refractivity contribution < 1.29 is 24.2 Å². The van der Waals surface area contributed by atoms with Crippen LogP contribution in [-0.2, 0) is 26.2 Å². The molecule has 0 saturated heterocycles. The van der Waals surface area contributed by atoms with Crippen LogP contribution in [0.15, 0.2) is 53.9 Å². The lowest BCUT2D eigenvalue weighted by Crippen LogP contribution is -2.53. The Labute approximate surface area is 245 Å². The van der Waals surface area contributed by atoms with Crippen molar-refractivity contribution in [1.29, 1.82) is 0 Å². The van der Waals surface area contributed by atoms with Gasteiger partial charge in [-0.05, 0) is 34.6 Å². The van der Waals surface area contributed by atoms with Gasteiger partial charge >= 0.3 is 12.1 Å². The molecule has 2 N–H and O–H groups in total. The molecule has 2 aromatic carbocycles. The predicted octanol–water partition coefficient (Wildman–Crippen LogP) is 5.85. The molecular weight excluding hydrogens is 538 g/mol. The molecule has 1 aromatic heterocycles. The number of aliphatic carboxylic acids is 1. The molecule has 0 bridgehead atoms. The van der Waals surface area contributed by atoms with E-state index in [1.54, 1.807) is 0 Å². The molecule has 0 radical (unpaired) electrons. The Morgan fingerprint density at radius 1 is 1.05 bits per heavy atom. The summed E-state index contributed by atoms with van der Waals surface area (Å²) in [5.74, 6) is -1.73. The summed E-state index contributed by atoms with van der Waals surface area (Å²) < 4.78 is 5.82. The maximum absolute atomic E-state index is 13.5. The molecular formula is C32H39N3O5S. The van der Waals surface area contributed by atoms with Crippen molar-refractivity contribution in [2.45, 2.75) is 70.9 Å². The minimum Gasteiger partial charge on any atom is -0.480 e. The van der Waals surface area contributed by atoms with E-state index in [0.717, 1.165) is 27.9 Å². The number of benzene rings is 2. The highest BCUT2D eigenvalue weighted by atomic mass is 32.1. The molecule has 1 heterocycles. The number of carboxylic acids is 1. The quantitative estimate of drug-likeness (QED) is 0.313. The first-order valence-corrected chi connectivity index (χ1v) is 14.8. The summed E-state index contributed by atoms with van der Waals surface area (Å²) in [6, 6.07) is 14.1. The molecule has 0 spiro atoms. The van der Waals surface area contributed by atoms with E-state index in [1.807, 2.05) is 55.6 Å². The van der Waals surface area contributed by atoms with E-state index >= 15 is 0 Å². The Kier molecular flexibility index (Phi) is 9.17. The molecule has 8 nitrogen and oxygen atoms in total. The van der Waals surface area contributed by atoms with Gasteiger partial charge in [0.15, 0.2) is 0 Å². The van der Waals surface area contributed by atoms with Crippen LogP contribution in [0.3, 0.4) is 0 Å². The van der Waals surface area contributed by atoms with Gasteiger partial charge in [-0.2, -0.15) is 0 Å². The molecule has 0 unspecified atom stereocenters. The topological polar surface area (TPSA) is 109 Å². The summed E-state index contributed by atoms with van der Waals surface area (Å²) in [7, 11) is 1.51. The largest absolute Gasteiger partial charge is 0.480 e. The fraction of sp³-hybridized carbons (Fsp3) is 0.438. The van der Waals surface area contributed by atoms with E-state index in [0.29, 0.717) is 5.01 Å². The van der Waals surface area contributed by atoms with Crippen LogP contribution in [0.5, 0.6) is 0 Å². The Hall–Kier alpha value is -3.72. The van der Waals surface area contributed by atoms with Crippen molar-refractivity contribution in [2.24, 2.45) is 5.92 Å². The van der Waals surface area contributed by atoms with Gasteiger partial charge in [-0.3, -0.25) is 9.69 Å². The standard InChI is InChI=1S/C32H39N3O5S/c1-19(2)15-25(30(37)38)33-29(36)26(16-28-34-27(18-41-28)32(3,4)5)35(6)31(39)40-17-24-22-13-9-7-11-20(22)21-12-8-10-14-23(21)24/h7-14,18-19,24-26H,15-17H2,1-6H3,(H,33,36)(H,37,38)/t25-,26-/m0/s1. The van der Waals surface area contributed by atoms with Crippen molar-refractivity contribution in [3.63, 3.8) is 0 Å². The van der Waals surface area contributed by atoms with Crippen molar-refractivity contribution >= 4 is 29.3 Å². The number of ether oxygens (including phenoxy) is 1. The number of hydrogen-bond donors (Lipinski definition) is 2. The Bertz CT molecular complexity index is 1360. The lowest BCUT2D eigenvalue weighted by Gasteiger charge is -2.28. The fourth-order valence-electron chi connectivity index (χ4n) is 5.10. The van der Waals surface area contributed by atoms with Crippen molar-refractivity contribution in [2.75, 3.05) is 13.7 Å². The van der Waals surface area contributed by atoms with E-state index in [4.69, 9.17) is 9.72 Å². The van der Waals surface area contributed by atoms with Gasteiger partial charge < -0.3 is 15.2 Å². The number of nitrogens with one attached hydrogen (secondary N) is 1. The second-order valence-corrected chi connectivity index (χ2v) is 13.0. The minimum atomic E-state index is -1.11. The molecule has 3 aromatic rings. The van der Waals surface area contributed by atoms with Gasteiger partial charge in [0.25, 0.3) is 0 Å². The molecule has 218 valence electrons. The summed E-state index contributed by atoms with van der Waals surface area (Å²) >= 11 is 1.42. The Morgan fingerprint density at radius 3 is 2.15 bits per heavy atom. The van der Waals surface area contributed by atoms with Gasteiger partial charge in [0, 0.05) is 30.2 Å². The maximum Gasteiger partial charge on any atom is 0.410 e. The number of carboxylic acid groups (broad SMARTS) is 1. The normalized spacial score (nSPS) is 14.2. The molecule has 9 heteroatoms. The average Bonchev–Trinajstić information content (AvgIpc) is 3.52. The number of thiazole rings is 1. The highest BCUT2D eigenvalue weighted by molar-refractivity contribution is 7.09. The maximum atomic E-state index is 13.5. The van der Waals surface area contributed by atoms with Crippen molar-refractivity contribution in [3.05, 3.63) is 75.7 Å². The van der Waals surface area contributed by atoms with Crippen LogP contribution >= 0.6 is 11.3 Å². The summed E-state index contributed by atoms with van der Waals surface area (Å²) in [5.41, 5.74) is 5.15. The lowest BCUT2D eigenvalue weighted by molar-refractivity contribution is -0.143. The van der Waals surface area contributed by atoms with E-state index in [9.17, 15) is 19.5 Å². The number of likely N-dealkylation sites (N-methyl/N-ethyl adjacent to an activating group) is 1. The first-order valence-electron chi connectivity index (χ1n) is 13.9. The van der Waals surface area contributed by atoms with Gasteiger partial charge in [-0.1, -0.05) is 83.1 Å². The molecule has 1 aliphatic carbocycles. The molecule has 0 aliphatic heterocycles. The third kappa shape index (κ3) is 6.96. The van der Waals surface area contributed by atoms with Crippen LogP contribution in [-0.4, -0.2) is 58.7 Å². The molecule has 0 saturated carbocycles. The fourth-order valence-corrected chi connectivity index (χ4v) is 6.16. The van der Waals surface area contributed by atoms with E-state index in [2.05, 4.69) is 38.2 Å². The first-order chi connectivity index (χ1) is 19.4. The third-order valence-electron chi connectivity index (χ3n) is 7.40. The summed E-state index contributed by atoms with van der Waals surface area (Å²) in [6.45, 7) is 10.1. The van der Waals surface area contributed by atoms with Crippen molar-refractivity contribution in [1.82, 2.24) is 15.2 Å². The van der Waals surface area contributed by atoms with E-state index in [1.165, 1.54) is 23.3 Å². The number of fused-ring (bicyclic) bond motifs is 3. The number of carbonyl (C=O) groups excluding carboxylic acids is 2. The highest BCUT2D eigenvalue weighted by Crippen LogP contribution is 2.44. The molecule has 0 fully saturated rings. The van der Waals surface area contributed by atoms with Gasteiger partial charge in [0.05, 0.1) is 10.7 Å². The zero-order valence-electron chi connectivity index (χ0n) is 24.5. The first kappa shape index (κ1) is 30.2. The summed E-state index contributed by atoms with van der Waals surface area (Å²) in [6.07, 6.45) is -0.245. The molecule has 1 aliphatic rings. The number of carbonyl (C=O) groups is 3. The van der Waals surface area contributed by atoms with Gasteiger partial charge in [0.2, 0.25) is 5.91 Å². The second kappa shape index (κ2) is 12.4. The number of aromatic nitrogens is 1. The second-order valence-electron chi connectivity index (χ2n) is 12.0. The van der Waals surface area contributed by atoms with Crippen LogP contribution in [0.25, 0.3) is 11.1 Å². The predicted molar refractivity (Wildman–Crippen MR) is 160 cm³/mol. The molecule has 4 rings (SSSR count). The van der Waals surface area contributed by atoms with E-state index < -0.39 is 30.1 Å². The number of rotatable bonds is 10. The Balaban J connectivity index is 1.54. The van der Waals surface area contributed by atoms with Crippen LogP contribution < -0.4 is 5.32 Å². The lowest BCUT2D eigenvalue weighted by atomic mass is 9.93. The van der Waals surface area contributed by atoms with Gasteiger partial charge in [0.1, 0.15) is 18.7 Å². The van der Waals surface area contributed by atoms with Gasteiger partial charge in [-0.15, -0.1) is 11.3 Å². The smallest absolute Gasteiger partial charge is 0.410 e.